The molecule has 1 unspecified atom stereocenters. The van der Waals surface area contributed by atoms with Gasteiger partial charge in [-0.15, -0.1) is 0 Å². The number of esters is 1. The Morgan fingerprint density at radius 2 is 1.74 bits per heavy atom. The zero-order valence-electron chi connectivity index (χ0n) is 28.9. The van der Waals surface area contributed by atoms with Crippen LogP contribution in [0.5, 0.6) is 11.5 Å². The maximum atomic E-state index is 10.2. The van der Waals surface area contributed by atoms with E-state index < -0.39 is 9.58 Å². The van der Waals surface area contributed by atoms with Crippen molar-refractivity contribution in [3.63, 3.8) is 0 Å². The molecular formula is C35H49ClN5O5S+. The highest BCUT2D eigenvalue weighted by atomic mass is 35.5. The van der Waals surface area contributed by atoms with Gasteiger partial charge in [-0.2, -0.15) is 15.9 Å². The SMILES string of the molecule is CC(=O)OC(C)(C)C.CC(C)(c1ccc(OCc2ccnc(N[N+](C)(O)S)n2)cc1)c1cc(Cl)c(OC2CCC2)c(C#N)c1.CCC. The number of benzene rings is 2. The van der Waals surface area contributed by atoms with Crippen molar-refractivity contribution in [3.05, 3.63) is 76.1 Å². The summed E-state index contributed by atoms with van der Waals surface area (Å²) >= 11 is 10.5. The Balaban J connectivity index is 0.000000603. The van der Waals surface area contributed by atoms with Crippen LogP contribution in [0.2, 0.25) is 5.02 Å². The fourth-order valence-corrected chi connectivity index (χ4v) is 4.61. The van der Waals surface area contributed by atoms with Gasteiger partial charge in [-0.25, -0.2) is 9.97 Å². The normalized spacial score (nSPS) is 14.0. The summed E-state index contributed by atoms with van der Waals surface area (Å²) in [6.07, 6.45) is 6.10. The molecule has 3 aromatic rings. The molecule has 2 N–H and O–H groups in total. The van der Waals surface area contributed by atoms with Gasteiger partial charge in [0.1, 0.15) is 43.9 Å². The topological polar surface area (TPSA) is 127 Å². The van der Waals surface area contributed by atoms with Crippen molar-refractivity contribution in [3.8, 4) is 17.6 Å². The van der Waals surface area contributed by atoms with Gasteiger partial charge in [0, 0.05) is 18.5 Å². The molecule has 4 rings (SSSR count). The maximum absolute atomic E-state index is 10.2. The number of carbonyl (C=O) groups excluding carboxylic acids is 1. The third-order valence-electron chi connectivity index (χ3n) is 6.66. The van der Waals surface area contributed by atoms with E-state index in [1.54, 1.807) is 12.3 Å². The van der Waals surface area contributed by atoms with E-state index in [2.05, 4.69) is 62.0 Å². The smallest absolute Gasteiger partial charge is 0.303 e. The second kappa shape index (κ2) is 17.6. The van der Waals surface area contributed by atoms with Crippen LogP contribution in [0.3, 0.4) is 0 Å². The fraction of sp³-hybridized carbons (Fsp3) is 0.486. The van der Waals surface area contributed by atoms with E-state index in [0.717, 1.165) is 30.4 Å². The summed E-state index contributed by atoms with van der Waals surface area (Å²) in [7, 11) is 1.42. The highest BCUT2D eigenvalue weighted by Gasteiger charge is 2.28. The van der Waals surface area contributed by atoms with Gasteiger partial charge in [0.05, 0.1) is 22.4 Å². The third kappa shape index (κ3) is 13.6. The average molecular weight is 687 g/mol. The summed E-state index contributed by atoms with van der Waals surface area (Å²) in [6, 6.07) is 15.5. The highest BCUT2D eigenvalue weighted by Crippen LogP contribution is 2.40. The molecule has 0 spiro atoms. The Bertz CT molecular complexity index is 1490. The van der Waals surface area contributed by atoms with Crippen LogP contribution in [0.4, 0.5) is 5.95 Å². The molecule has 1 aliphatic carbocycles. The van der Waals surface area contributed by atoms with Gasteiger partial charge in [0.25, 0.3) is 5.95 Å². The first-order chi connectivity index (χ1) is 21.9. The van der Waals surface area contributed by atoms with Gasteiger partial charge in [-0.1, -0.05) is 57.8 Å². The van der Waals surface area contributed by atoms with Crippen molar-refractivity contribution in [2.45, 2.75) is 105 Å². The largest absolute Gasteiger partial charge is 0.487 e. The van der Waals surface area contributed by atoms with Crippen molar-refractivity contribution >= 4 is 36.3 Å². The molecule has 1 heterocycles. The third-order valence-corrected chi connectivity index (χ3v) is 7.04. The number of hydrogen-bond donors (Lipinski definition) is 3. The Morgan fingerprint density at radius 1 is 1.13 bits per heavy atom. The number of quaternary nitrogens is 1. The van der Waals surface area contributed by atoms with Crippen molar-refractivity contribution in [1.29, 1.82) is 5.26 Å². The lowest BCUT2D eigenvalue weighted by molar-refractivity contribution is -0.955. The van der Waals surface area contributed by atoms with Crippen LogP contribution in [-0.4, -0.2) is 44.1 Å². The van der Waals surface area contributed by atoms with Gasteiger partial charge < -0.3 is 14.2 Å². The first kappa shape index (κ1) is 39.6. The van der Waals surface area contributed by atoms with Gasteiger partial charge in [-0.3, -0.25) is 4.79 Å². The molecule has 1 atom stereocenters. The zero-order chi connectivity index (χ0) is 35.4. The number of rotatable bonds is 9. The van der Waals surface area contributed by atoms with E-state index >= 15 is 0 Å². The molecule has 0 amide bonds. The molecule has 256 valence electrons. The lowest BCUT2D eigenvalue weighted by Crippen LogP contribution is -2.36. The van der Waals surface area contributed by atoms with E-state index in [9.17, 15) is 15.3 Å². The Labute approximate surface area is 290 Å². The van der Waals surface area contributed by atoms with Gasteiger partial charge in [-0.05, 0) is 85.7 Å². The number of nitriles is 1. The second-order valence-corrected chi connectivity index (χ2v) is 14.1. The number of halogens is 1. The van der Waals surface area contributed by atoms with Crippen LogP contribution in [-0.2, 0) is 21.6 Å². The summed E-state index contributed by atoms with van der Waals surface area (Å²) in [6.45, 7) is 15.6. The summed E-state index contributed by atoms with van der Waals surface area (Å²) in [5.41, 5.74) is 4.97. The number of anilines is 1. The molecule has 1 aromatic heterocycles. The average Bonchev–Trinajstić information content (AvgIpc) is 2.93. The lowest BCUT2D eigenvalue weighted by Gasteiger charge is -2.30. The van der Waals surface area contributed by atoms with E-state index in [-0.39, 0.29) is 30.2 Å². The molecule has 10 nitrogen and oxygen atoms in total. The van der Waals surface area contributed by atoms with Crippen molar-refractivity contribution in [2.75, 3.05) is 12.5 Å². The van der Waals surface area contributed by atoms with Gasteiger partial charge >= 0.3 is 5.97 Å². The standard InChI is InChI=1S/C26H29ClN5O3S.C6H12O2.C3H8/c1-26(2,19-13-17(15-28)24(23(27)14-19)35-22-5-4-6-22)18-7-9-21(10-8-18)34-16-20-11-12-29-25(30-20)31-32(3,33)36;1-5(7)8-6(2,3)4;1-3-2/h7-14,22,33,36H,4-6,16H2,1-3H3,(H,29,30,31);1-4H3;3H2,1-2H3/q+1;;. The molecular weight excluding hydrogens is 638 g/mol. The van der Waals surface area contributed by atoms with Gasteiger partial charge in [0.2, 0.25) is 0 Å². The second-order valence-electron chi connectivity index (χ2n) is 12.9. The number of nitrogens with one attached hydrogen (secondary N) is 1. The maximum Gasteiger partial charge on any atom is 0.303 e. The van der Waals surface area contributed by atoms with Crippen LogP contribution in [0.1, 0.15) is 103 Å². The predicted molar refractivity (Wildman–Crippen MR) is 187 cm³/mol. The van der Waals surface area contributed by atoms with E-state index in [4.69, 9.17) is 25.8 Å². The summed E-state index contributed by atoms with van der Waals surface area (Å²) in [4.78, 5) is 18.6. The number of hydroxylamine groups is 1. The van der Waals surface area contributed by atoms with Crippen LogP contribution < -0.4 is 14.9 Å². The highest BCUT2D eigenvalue weighted by molar-refractivity contribution is 7.74. The minimum Gasteiger partial charge on any atom is -0.487 e. The molecule has 0 bridgehead atoms. The molecule has 0 radical (unpaired) electrons. The first-order valence-corrected chi connectivity index (χ1v) is 16.4. The van der Waals surface area contributed by atoms with E-state index in [1.165, 1.54) is 20.4 Å². The lowest BCUT2D eigenvalue weighted by atomic mass is 9.77. The first-order valence-electron chi connectivity index (χ1n) is 15.6. The van der Waals surface area contributed by atoms with Crippen LogP contribution >= 0.6 is 24.4 Å². The fourth-order valence-electron chi connectivity index (χ4n) is 4.26. The molecule has 0 aliphatic heterocycles. The minimum atomic E-state index is -0.793. The predicted octanol–water partition coefficient (Wildman–Crippen LogP) is 8.61. The van der Waals surface area contributed by atoms with Crippen molar-refractivity contribution in [1.82, 2.24) is 9.97 Å². The number of nitrogens with zero attached hydrogens (tertiary/aromatic N) is 4. The number of hydrogen-bond acceptors (Lipinski definition) is 10. The molecule has 0 saturated heterocycles. The molecule has 2 aromatic carbocycles. The van der Waals surface area contributed by atoms with Gasteiger partial charge in [0.15, 0.2) is 5.75 Å². The van der Waals surface area contributed by atoms with E-state index in [0.29, 0.717) is 27.8 Å². The van der Waals surface area contributed by atoms with Crippen LogP contribution in [0.15, 0.2) is 48.7 Å². The Kier molecular flexibility index (Phi) is 14.8. The summed E-state index contributed by atoms with van der Waals surface area (Å²) in [5, 5.41) is 19.9. The number of thiol groups is 1. The Morgan fingerprint density at radius 3 is 2.21 bits per heavy atom. The molecule has 1 aliphatic rings. The monoisotopic (exact) mass is 686 g/mol. The summed E-state index contributed by atoms with van der Waals surface area (Å²) < 4.78 is 15.9. The van der Waals surface area contributed by atoms with Crippen molar-refractivity contribution in [2.24, 2.45) is 0 Å². The van der Waals surface area contributed by atoms with Crippen molar-refractivity contribution < 1.29 is 28.4 Å². The minimum absolute atomic E-state index is 0.142. The number of ether oxygens (including phenoxy) is 3. The molecule has 1 fully saturated rings. The van der Waals surface area contributed by atoms with Crippen LogP contribution in [0, 0.1) is 11.3 Å². The Hall–Kier alpha value is -3.56. The number of aromatic nitrogens is 2. The van der Waals surface area contributed by atoms with Crippen LogP contribution in [0.25, 0.3) is 0 Å². The molecule has 12 heteroatoms. The molecule has 1 saturated carbocycles. The number of carbonyl (C=O) groups is 1. The van der Waals surface area contributed by atoms with E-state index in [1.807, 2.05) is 57.2 Å². The quantitative estimate of drug-likeness (QED) is 0.0878. The molecule has 47 heavy (non-hydrogen) atoms. The zero-order valence-corrected chi connectivity index (χ0v) is 30.6. The summed E-state index contributed by atoms with van der Waals surface area (Å²) in [5.74, 6) is 1.16.